The van der Waals surface area contributed by atoms with Crippen molar-refractivity contribution in [2.75, 3.05) is 0 Å². The van der Waals surface area contributed by atoms with Crippen LogP contribution in [0.4, 0.5) is 13.6 Å². The van der Waals surface area contributed by atoms with E-state index in [2.05, 4.69) is 16.0 Å². The maximum Gasteiger partial charge on any atom is 0.315 e. The van der Waals surface area contributed by atoms with E-state index in [0.717, 1.165) is 5.56 Å². The molecular weight excluding hydrogens is 352 g/mol. The molecule has 3 N–H and O–H groups in total. The van der Waals surface area contributed by atoms with Crippen LogP contribution in [0.15, 0.2) is 48.5 Å². The van der Waals surface area contributed by atoms with Crippen molar-refractivity contribution < 1.29 is 18.4 Å². The Bertz CT molecular complexity index is 766. The van der Waals surface area contributed by atoms with E-state index in [1.807, 2.05) is 6.92 Å². The molecule has 144 valence electrons. The average molecular weight is 375 g/mol. The molecule has 5 nitrogen and oxygen atoms in total. The lowest BCUT2D eigenvalue weighted by Crippen LogP contribution is -2.49. The number of rotatable bonds is 8. The van der Waals surface area contributed by atoms with Crippen LogP contribution in [-0.4, -0.2) is 18.0 Å². The van der Waals surface area contributed by atoms with Gasteiger partial charge in [-0.25, -0.2) is 13.6 Å². The van der Waals surface area contributed by atoms with Crippen LogP contribution in [-0.2, 0) is 17.9 Å². The monoisotopic (exact) mass is 375 g/mol. The minimum absolute atomic E-state index is 0.0462. The van der Waals surface area contributed by atoms with E-state index in [1.54, 1.807) is 30.3 Å². The minimum Gasteiger partial charge on any atom is -0.350 e. The molecule has 0 fully saturated rings. The first-order chi connectivity index (χ1) is 13.0. The number of hydrogen-bond acceptors (Lipinski definition) is 2. The highest BCUT2D eigenvalue weighted by Crippen LogP contribution is 2.06. The highest BCUT2D eigenvalue weighted by molar-refractivity contribution is 5.86. The van der Waals surface area contributed by atoms with Crippen LogP contribution in [0.3, 0.4) is 0 Å². The van der Waals surface area contributed by atoms with Crippen LogP contribution in [0.5, 0.6) is 0 Å². The smallest absolute Gasteiger partial charge is 0.315 e. The molecule has 0 unspecified atom stereocenters. The summed E-state index contributed by atoms with van der Waals surface area (Å²) < 4.78 is 26.5. The molecule has 2 rings (SSSR count). The molecule has 2 aromatic carbocycles. The first kappa shape index (κ1) is 20.4. The standard InChI is InChI=1S/C20H23F2N3O2/c1-2-5-18(19(26)23-13-15-6-3-4-7-17(15)22)25-20(27)24-12-14-8-10-16(21)11-9-14/h3-4,6-11,18H,2,5,12-13H2,1H3,(H,23,26)(H2,24,25,27)/t18-/m1/s1. The SMILES string of the molecule is CCC[C@@H](NC(=O)NCc1ccc(F)cc1)C(=O)NCc1ccccc1F. The van der Waals surface area contributed by atoms with E-state index in [-0.39, 0.29) is 24.8 Å². The molecule has 0 aliphatic heterocycles. The van der Waals surface area contributed by atoms with Gasteiger partial charge in [-0.05, 0) is 30.2 Å². The zero-order valence-electron chi connectivity index (χ0n) is 15.1. The summed E-state index contributed by atoms with van der Waals surface area (Å²) in [5, 5.41) is 7.90. The summed E-state index contributed by atoms with van der Waals surface area (Å²) in [6, 6.07) is 10.7. The van der Waals surface area contributed by atoms with Gasteiger partial charge in [0.1, 0.15) is 17.7 Å². The van der Waals surface area contributed by atoms with E-state index < -0.39 is 17.9 Å². The van der Waals surface area contributed by atoms with Gasteiger partial charge >= 0.3 is 6.03 Å². The Balaban J connectivity index is 1.85. The van der Waals surface area contributed by atoms with E-state index in [0.29, 0.717) is 18.4 Å². The molecule has 0 bridgehead atoms. The molecule has 0 spiro atoms. The maximum absolute atomic E-state index is 13.6. The Hall–Kier alpha value is -2.96. The van der Waals surface area contributed by atoms with Crippen molar-refractivity contribution in [3.05, 3.63) is 71.3 Å². The van der Waals surface area contributed by atoms with Crippen LogP contribution in [0.1, 0.15) is 30.9 Å². The van der Waals surface area contributed by atoms with Crippen molar-refractivity contribution in [1.82, 2.24) is 16.0 Å². The molecule has 0 saturated carbocycles. The Kier molecular flexibility index (Phi) is 7.73. The zero-order chi connectivity index (χ0) is 19.6. The molecule has 0 aliphatic rings. The Labute approximate surface area is 157 Å². The number of amides is 3. The second-order valence-corrected chi connectivity index (χ2v) is 6.10. The summed E-state index contributed by atoms with van der Waals surface area (Å²) in [6.45, 7) is 2.15. The molecular formula is C20H23F2N3O2. The number of benzene rings is 2. The van der Waals surface area contributed by atoms with Crippen molar-refractivity contribution in [2.24, 2.45) is 0 Å². The fraction of sp³-hybridized carbons (Fsp3) is 0.300. The normalized spacial score (nSPS) is 11.5. The van der Waals surface area contributed by atoms with Gasteiger partial charge in [0.05, 0.1) is 0 Å². The number of carbonyl (C=O) groups is 2. The predicted octanol–water partition coefficient (Wildman–Crippen LogP) is 3.25. The zero-order valence-corrected chi connectivity index (χ0v) is 15.1. The number of carbonyl (C=O) groups excluding carboxylic acids is 2. The van der Waals surface area contributed by atoms with Crippen molar-refractivity contribution >= 4 is 11.9 Å². The molecule has 0 aliphatic carbocycles. The summed E-state index contributed by atoms with van der Waals surface area (Å²) in [5.41, 5.74) is 1.12. The van der Waals surface area contributed by atoms with Crippen LogP contribution < -0.4 is 16.0 Å². The second-order valence-electron chi connectivity index (χ2n) is 6.10. The first-order valence-electron chi connectivity index (χ1n) is 8.79. The van der Waals surface area contributed by atoms with Gasteiger partial charge in [-0.15, -0.1) is 0 Å². The molecule has 2 aromatic rings. The topological polar surface area (TPSA) is 70.2 Å². The molecule has 0 heterocycles. The van der Waals surface area contributed by atoms with Crippen LogP contribution in [0, 0.1) is 11.6 Å². The molecule has 7 heteroatoms. The van der Waals surface area contributed by atoms with Gasteiger partial charge in [0, 0.05) is 18.7 Å². The van der Waals surface area contributed by atoms with E-state index in [1.165, 1.54) is 18.2 Å². The highest BCUT2D eigenvalue weighted by atomic mass is 19.1. The summed E-state index contributed by atoms with van der Waals surface area (Å²) >= 11 is 0. The third-order valence-corrected chi connectivity index (χ3v) is 3.98. The third kappa shape index (κ3) is 6.69. The Morgan fingerprint density at radius 1 is 0.963 bits per heavy atom. The third-order valence-electron chi connectivity index (χ3n) is 3.98. The summed E-state index contributed by atoms with van der Waals surface area (Å²) in [7, 11) is 0. The number of hydrogen-bond donors (Lipinski definition) is 3. The lowest BCUT2D eigenvalue weighted by Gasteiger charge is -2.18. The summed E-state index contributed by atoms with van der Waals surface area (Å²) in [5.74, 6) is -1.12. The number of halogens is 2. The van der Waals surface area contributed by atoms with Crippen LogP contribution in [0.2, 0.25) is 0 Å². The quantitative estimate of drug-likeness (QED) is 0.663. The highest BCUT2D eigenvalue weighted by Gasteiger charge is 2.19. The molecule has 0 saturated heterocycles. The average Bonchev–Trinajstić information content (AvgIpc) is 2.66. The molecule has 1 atom stereocenters. The van der Waals surface area contributed by atoms with Gasteiger partial charge in [-0.1, -0.05) is 43.7 Å². The number of nitrogens with one attached hydrogen (secondary N) is 3. The molecule has 0 aromatic heterocycles. The number of urea groups is 1. The molecule has 0 radical (unpaired) electrons. The van der Waals surface area contributed by atoms with Crippen LogP contribution in [0.25, 0.3) is 0 Å². The van der Waals surface area contributed by atoms with Gasteiger partial charge in [0.2, 0.25) is 5.91 Å². The van der Waals surface area contributed by atoms with Gasteiger partial charge in [0.25, 0.3) is 0 Å². The van der Waals surface area contributed by atoms with E-state index in [9.17, 15) is 18.4 Å². The largest absolute Gasteiger partial charge is 0.350 e. The second kappa shape index (κ2) is 10.3. The van der Waals surface area contributed by atoms with E-state index in [4.69, 9.17) is 0 Å². The van der Waals surface area contributed by atoms with Crippen LogP contribution >= 0.6 is 0 Å². The molecule has 27 heavy (non-hydrogen) atoms. The van der Waals surface area contributed by atoms with Crippen molar-refractivity contribution in [3.8, 4) is 0 Å². The van der Waals surface area contributed by atoms with Gasteiger partial charge < -0.3 is 16.0 Å². The van der Waals surface area contributed by atoms with E-state index >= 15 is 0 Å². The minimum atomic E-state index is -0.727. The van der Waals surface area contributed by atoms with Gasteiger partial charge in [-0.2, -0.15) is 0 Å². The van der Waals surface area contributed by atoms with Crippen molar-refractivity contribution in [2.45, 2.75) is 38.9 Å². The van der Waals surface area contributed by atoms with Gasteiger partial charge in [0.15, 0.2) is 0 Å². The van der Waals surface area contributed by atoms with Gasteiger partial charge in [-0.3, -0.25) is 4.79 Å². The lowest BCUT2D eigenvalue weighted by atomic mass is 10.1. The fourth-order valence-corrected chi connectivity index (χ4v) is 2.50. The Morgan fingerprint density at radius 2 is 1.67 bits per heavy atom. The lowest BCUT2D eigenvalue weighted by molar-refractivity contribution is -0.123. The molecule has 3 amide bonds. The van der Waals surface area contributed by atoms with Crippen molar-refractivity contribution in [3.63, 3.8) is 0 Å². The summed E-state index contributed by atoms with van der Waals surface area (Å²) in [6.07, 6.45) is 1.14. The Morgan fingerprint density at radius 3 is 2.33 bits per heavy atom. The predicted molar refractivity (Wildman–Crippen MR) is 98.7 cm³/mol. The maximum atomic E-state index is 13.6. The van der Waals surface area contributed by atoms with Crippen molar-refractivity contribution in [1.29, 1.82) is 0 Å². The first-order valence-corrected chi connectivity index (χ1v) is 8.79. The fourth-order valence-electron chi connectivity index (χ4n) is 2.50. The summed E-state index contributed by atoms with van der Waals surface area (Å²) in [4.78, 5) is 24.4.